The average molecular weight is 331 g/mol. The number of rotatable bonds is 7. The lowest BCUT2D eigenvalue weighted by Crippen LogP contribution is -2.52. The first kappa shape index (κ1) is 19.0. The number of nitrogens with one attached hydrogen (secondary N) is 2. The number of amides is 2. The summed E-state index contributed by atoms with van der Waals surface area (Å²) in [6.07, 6.45) is -3.90. The molecule has 0 radical (unpaired) electrons. The van der Waals surface area contributed by atoms with Crippen molar-refractivity contribution in [2.24, 2.45) is 5.73 Å². The van der Waals surface area contributed by atoms with Crippen molar-refractivity contribution in [2.75, 3.05) is 13.6 Å². The van der Waals surface area contributed by atoms with Crippen LogP contribution >= 0.6 is 0 Å². The van der Waals surface area contributed by atoms with Crippen molar-refractivity contribution in [1.82, 2.24) is 10.6 Å². The van der Waals surface area contributed by atoms with Crippen LogP contribution in [-0.2, 0) is 21.3 Å². The lowest BCUT2D eigenvalue weighted by atomic mass is 9.89. The molecule has 8 heteroatoms. The number of carbonyl (C=O) groups excluding carboxylic acids is 2. The molecular formula is C15H20F3N3O2. The summed E-state index contributed by atoms with van der Waals surface area (Å²) in [5.74, 6) is -1.39. The van der Waals surface area contributed by atoms with Gasteiger partial charge in [-0.15, -0.1) is 0 Å². The van der Waals surface area contributed by atoms with E-state index in [0.29, 0.717) is 13.0 Å². The molecule has 0 aliphatic rings. The van der Waals surface area contributed by atoms with Gasteiger partial charge in [-0.25, -0.2) is 0 Å². The van der Waals surface area contributed by atoms with Gasteiger partial charge in [0.05, 0.1) is 5.56 Å². The van der Waals surface area contributed by atoms with Gasteiger partial charge in [0.1, 0.15) is 5.54 Å². The Balaban J connectivity index is 3.05. The van der Waals surface area contributed by atoms with Gasteiger partial charge in [-0.2, -0.15) is 13.2 Å². The minimum Gasteiger partial charge on any atom is -0.367 e. The Morgan fingerprint density at radius 3 is 2.35 bits per heavy atom. The van der Waals surface area contributed by atoms with Crippen molar-refractivity contribution in [2.45, 2.75) is 31.5 Å². The van der Waals surface area contributed by atoms with E-state index in [2.05, 4.69) is 10.6 Å². The maximum atomic E-state index is 12.8. The summed E-state index contributed by atoms with van der Waals surface area (Å²) in [5, 5.41) is 5.31. The van der Waals surface area contributed by atoms with Gasteiger partial charge in [0.25, 0.3) is 0 Å². The van der Waals surface area contributed by atoms with E-state index in [1.165, 1.54) is 19.1 Å². The highest BCUT2D eigenvalue weighted by molar-refractivity contribution is 5.91. The standard InChI is InChI=1S/C15H20F3N3O2/c1-14(13(19)23,21-12(22)7-4-8-20-2)10-5-3-6-11(9-10)15(16,17)18/h3,5-6,9,20H,4,7-8H2,1-2H3,(H2,19,23)(H,21,22). The molecule has 0 saturated carbocycles. The van der Waals surface area contributed by atoms with Crippen molar-refractivity contribution in [3.05, 3.63) is 35.4 Å². The number of benzene rings is 1. The highest BCUT2D eigenvalue weighted by atomic mass is 19.4. The third-order valence-corrected chi connectivity index (χ3v) is 3.48. The molecule has 1 aromatic rings. The molecule has 1 aromatic carbocycles. The lowest BCUT2D eigenvalue weighted by Gasteiger charge is -2.28. The van der Waals surface area contributed by atoms with Crippen LogP contribution in [0, 0.1) is 0 Å². The minimum absolute atomic E-state index is 0.0122. The summed E-state index contributed by atoms with van der Waals surface area (Å²) >= 11 is 0. The van der Waals surface area contributed by atoms with Gasteiger partial charge >= 0.3 is 6.18 Å². The molecule has 1 rings (SSSR count). The first-order valence-corrected chi connectivity index (χ1v) is 7.04. The molecule has 128 valence electrons. The fourth-order valence-electron chi connectivity index (χ4n) is 2.05. The molecule has 0 bridgehead atoms. The monoisotopic (exact) mass is 331 g/mol. The van der Waals surface area contributed by atoms with Crippen LogP contribution in [0.1, 0.15) is 30.9 Å². The zero-order chi connectivity index (χ0) is 17.7. The Morgan fingerprint density at radius 2 is 1.83 bits per heavy atom. The first-order valence-electron chi connectivity index (χ1n) is 7.04. The van der Waals surface area contributed by atoms with Crippen molar-refractivity contribution in [3.8, 4) is 0 Å². The maximum Gasteiger partial charge on any atom is 0.416 e. The number of hydrogen-bond acceptors (Lipinski definition) is 3. The summed E-state index contributed by atoms with van der Waals surface area (Å²) in [4.78, 5) is 23.7. The Morgan fingerprint density at radius 1 is 1.22 bits per heavy atom. The molecule has 1 unspecified atom stereocenters. The predicted octanol–water partition coefficient (Wildman–Crippen LogP) is 1.52. The normalized spacial score (nSPS) is 14.1. The number of primary amides is 1. The molecule has 0 heterocycles. The number of hydrogen-bond donors (Lipinski definition) is 3. The second kappa shape index (κ2) is 7.45. The third-order valence-electron chi connectivity index (χ3n) is 3.48. The SMILES string of the molecule is CNCCCC(=O)NC(C)(C(N)=O)c1cccc(C(F)(F)F)c1. The zero-order valence-corrected chi connectivity index (χ0v) is 13.0. The van der Waals surface area contributed by atoms with Gasteiger partial charge in [0, 0.05) is 6.42 Å². The molecule has 0 aromatic heterocycles. The Bertz CT molecular complexity index is 575. The quantitative estimate of drug-likeness (QED) is 0.662. The minimum atomic E-state index is -4.55. The predicted molar refractivity (Wildman–Crippen MR) is 79.3 cm³/mol. The molecule has 23 heavy (non-hydrogen) atoms. The molecule has 0 aliphatic heterocycles. The van der Waals surface area contributed by atoms with Gasteiger partial charge < -0.3 is 16.4 Å². The summed E-state index contributed by atoms with van der Waals surface area (Å²) < 4.78 is 38.4. The Kier molecular flexibility index (Phi) is 6.14. The molecule has 1 atom stereocenters. The molecular weight excluding hydrogens is 311 g/mol. The van der Waals surface area contributed by atoms with Crippen LogP contribution in [0.5, 0.6) is 0 Å². The second-order valence-corrected chi connectivity index (χ2v) is 5.32. The first-order chi connectivity index (χ1) is 10.6. The third kappa shape index (κ3) is 4.95. The highest BCUT2D eigenvalue weighted by Crippen LogP contribution is 2.32. The highest BCUT2D eigenvalue weighted by Gasteiger charge is 2.37. The Labute approximate surface area is 132 Å². The molecule has 5 nitrogen and oxygen atoms in total. The maximum absolute atomic E-state index is 12.8. The van der Waals surface area contributed by atoms with Crippen molar-refractivity contribution in [1.29, 1.82) is 0 Å². The van der Waals surface area contributed by atoms with E-state index >= 15 is 0 Å². The molecule has 2 amide bonds. The van der Waals surface area contributed by atoms with E-state index in [-0.39, 0.29) is 12.0 Å². The van der Waals surface area contributed by atoms with E-state index in [1.54, 1.807) is 7.05 Å². The summed E-state index contributed by atoms with van der Waals surface area (Å²) in [6, 6.07) is 4.21. The molecule has 0 spiro atoms. The topological polar surface area (TPSA) is 84.2 Å². The zero-order valence-electron chi connectivity index (χ0n) is 13.0. The fraction of sp³-hybridized carbons (Fsp3) is 0.467. The fourth-order valence-corrected chi connectivity index (χ4v) is 2.05. The largest absolute Gasteiger partial charge is 0.416 e. The van der Waals surface area contributed by atoms with Crippen LogP contribution in [0.2, 0.25) is 0 Å². The Hall–Kier alpha value is -2.09. The van der Waals surface area contributed by atoms with E-state index in [9.17, 15) is 22.8 Å². The van der Waals surface area contributed by atoms with Crippen LogP contribution in [-0.4, -0.2) is 25.4 Å². The molecule has 0 fully saturated rings. The number of alkyl halides is 3. The number of carbonyl (C=O) groups is 2. The van der Waals surface area contributed by atoms with Gasteiger partial charge in [0.15, 0.2) is 0 Å². The van der Waals surface area contributed by atoms with Gasteiger partial charge in [-0.05, 0) is 44.6 Å². The average Bonchev–Trinajstić information content (AvgIpc) is 2.46. The van der Waals surface area contributed by atoms with Crippen LogP contribution in [0.15, 0.2) is 24.3 Å². The van der Waals surface area contributed by atoms with Crippen LogP contribution < -0.4 is 16.4 Å². The van der Waals surface area contributed by atoms with E-state index in [0.717, 1.165) is 12.1 Å². The summed E-state index contributed by atoms with van der Waals surface area (Å²) in [7, 11) is 1.73. The van der Waals surface area contributed by atoms with E-state index in [1.807, 2.05) is 0 Å². The van der Waals surface area contributed by atoms with Crippen LogP contribution in [0.25, 0.3) is 0 Å². The van der Waals surface area contributed by atoms with Gasteiger partial charge in [-0.1, -0.05) is 12.1 Å². The van der Waals surface area contributed by atoms with Crippen molar-refractivity contribution >= 4 is 11.8 Å². The lowest BCUT2D eigenvalue weighted by molar-refractivity contribution is -0.138. The smallest absolute Gasteiger partial charge is 0.367 e. The second-order valence-electron chi connectivity index (χ2n) is 5.32. The van der Waals surface area contributed by atoms with E-state index < -0.39 is 29.1 Å². The van der Waals surface area contributed by atoms with Crippen LogP contribution in [0.3, 0.4) is 0 Å². The summed E-state index contributed by atoms with van der Waals surface area (Å²) in [5.41, 5.74) is 2.69. The van der Waals surface area contributed by atoms with Crippen molar-refractivity contribution < 1.29 is 22.8 Å². The molecule has 0 aliphatic carbocycles. The van der Waals surface area contributed by atoms with Crippen molar-refractivity contribution in [3.63, 3.8) is 0 Å². The van der Waals surface area contributed by atoms with Crippen LogP contribution in [0.4, 0.5) is 13.2 Å². The molecule has 4 N–H and O–H groups in total. The van der Waals surface area contributed by atoms with E-state index in [4.69, 9.17) is 5.73 Å². The molecule has 0 saturated heterocycles. The number of nitrogens with two attached hydrogens (primary N) is 1. The number of halogens is 3. The summed E-state index contributed by atoms with van der Waals surface area (Å²) in [6.45, 7) is 1.89. The van der Waals surface area contributed by atoms with Gasteiger partial charge in [0.2, 0.25) is 11.8 Å². The van der Waals surface area contributed by atoms with Gasteiger partial charge in [-0.3, -0.25) is 9.59 Å².